The highest BCUT2D eigenvalue weighted by atomic mass is 16.5. The Morgan fingerprint density at radius 3 is 2.36 bits per heavy atom. The molecule has 2 aliphatic heterocycles. The van der Waals surface area contributed by atoms with E-state index >= 15 is 0 Å². The van der Waals surface area contributed by atoms with E-state index in [1.165, 1.54) is 11.1 Å². The summed E-state index contributed by atoms with van der Waals surface area (Å²) in [4.78, 5) is 27.8. The smallest absolute Gasteiger partial charge is 0.336 e. The van der Waals surface area contributed by atoms with Gasteiger partial charge in [0.1, 0.15) is 13.2 Å². The number of amides is 1. The molecular formula is C30H29NO5. The molecule has 0 aliphatic carbocycles. The van der Waals surface area contributed by atoms with Gasteiger partial charge in [-0.25, -0.2) is 4.79 Å². The second-order valence-corrected chi connectivity index (χ2v) is 9.13. The van der Waals surface area contributed by atoms with Crippen LogP contribution < -0.4 is 14.4 Å². The topological polar surface area (TPSA) is 65.1 Å². The van der Waals surface area contributed by atoms with Crippen LogP contribution in [0.1, 0.15) is 41.5 Å². The van der Waals surface area contributed by atoms with E-state index in [2.05, 4.69) is 6.92 Å². The fraction of sp³-hybridized carbons (Fsp3) is 0.267. The normalized spacial score (nSPS) is 17.2. The molecular weight excluding hydrogens is 454 g/mol. The summed E-state index contributed by atoms with van der Waals surface area (Å²) >= 11 is 0. The van der Waals surface area contributed by atoms with Crippen molar-refractivity contribution in [3.05, 3.63) is 100 Å². The van der Waals surface area contributed by atoms with E-state index in [9.17, 15) is 9.59 Å². The first kappa shape index (κ1) is 23.7. The molecule has 0 saturated carbocycles. The fourth-order valence-corrected chi connectivity index (χ4v) is 4.78. The van der Waals surface area contributed by atoms with Gasteiger partial charge in [-0.05, 0) is 54.3 Å². The van der Waals surface area contributed by atoms with Crippen LogP contribution in [0.15, 0.2) is 78.0 Å². The van der Waals surface area contributed by atoms with Gasteiger partial charge in [0.2, 0.25) is 5.91 Å². The predicted octanol–water partition coefficient (Wildman–Crippen LogP) is 5.48. The van der Waals surface area contributed by atoms with Gasteiger partial charge in [0.05, 0.1) is 18.4 Å². The Labute approximate surface area is 211 Å². The van der Waals surface area contributed by atoms with E-state index in [0.29, 0.717) is 29.4 Å². The van der Waals surface area contributed by atoms with Gasteiger partial charge in [-0.1, -0.05) is 55.0 Å². The molecule has 1 atom stereocenters. The molecule has 1 amide bonds. The van der Waals surface area contributed by atoms with Gasteiger partial charge in [0.25, 0.3) is 0 Å². The number of carbonyl (C=O) groups excluding carboxylic acids is 2. The molecule has 0 saturated heterocycles. The minimum Gasteiger partial charge on any atom is -0.493 e. The van der Waals surface area contributed by atoms with Crippen LogP contribution in [0.5, 0.6) is 11.5 Å². The second kappa shape index (κ2) is 9.90. The van der Waals surface area contributed by atoms with Gasteiger partial charge in [-0.15, -0.1) is 0 Å². The summed E-state index contributed by atoms with van der Waals surface area (Å²) in [5, 5.41) is 0. The number of hydrogen-bond acceptors (Lipinski definition) is 5. The van der Waals surface area contributed by atoms with Crippen molar-refractivity contribution >= 4 is 17.6 Å². The lowest BCUT2D eigenvalue weighted by Crippen LogP contribution is -2.37. The molecule has 2 aliphatic rings. The molecule has 0 radical (unpaired) electrons. The highest BCUT2D eigenvalue weighted by Gasteiger charge is 2.43. The maximum absolute atomic E-state index is 13.4. The van der Waals surface area contributed by atoms with Crippen molar-refractivity contribution in [3.63, 3.8) is 0 Å². The second-order valence-electron chi connectivity index (χ2n) is 9.13. The third-order valence-corrected chi connectivity index (χ3v) is 6.83. The van der Waals surface area contributed by atoms with Crippen LogP contribution in [0.25, 0.3) is 0 Å². The first-order valence-electron chi connectivity index (χ1n) is 12.2. The van der Waals surface area contributed by atoms with Crippen LogP contribution in [0.3, 0.4) is 0 Å². The first-order valence-corrected chi connectivity index (χ1v) is 12.2. The summed E-state index contributed by atoms with van der Waals surface area (Å²) in [6.07, 6.45) is 1.08. The minimum atomic E-state index is -0.409. The number of cyclic esters (lactones) is 1. The zero-order valence-electron chi connectivity index (χ0n) is 20.7. The molecule has 184 valence electrons. The van der Waals surface area contributed by atoms with E-state index in [1.54, 1.807) is 12.0 Å². The monoisotopic (exact) mass is 483 g/mol. The van der Waals surface area contributed by atoms with Gasteiger partial charge >= 0.3 is 5.97 Å². The van der Waals surface area contributed by atoms with E-state index in [1.807, 2.05) is 73.7 Å². The van der Waals surface area contributed by atoms with Crippen molar-refractivity contribution in [1.29, 1.82) is 0 Å². The molecule has 0 aromatic heterocycles. The number of methoxy groups -OCH3 is 1. The van der Waals surface area contributed by atoms with Crippen molar-refractivity contribution in [2.75, 3.05) is 18.6 Å². The van der Waals surface area contributed by atoms with Crippen LogP contribution in [-0.4, -0.2) is 25.6 Å². The Hall–Kier alpha value is -4.06. The van der Waals surface area contributed by atoms with Crippen LogP contribution in [0, 0.1) is 6.92 Å². The van der Waals surface area contributed by atoms with E-state index < -0.39 is 5.92 Å². The zero-order chi connectivity index (χ0) is 25.2. The molecule has 3 aromatic carbocycles. The van der Waals surface area contributed by atoms with Gasteiger partial charge in [-0.3, -0.25) is 9.69 Å². The molecule has 5 rings (SSSR count). The number of carbonyl (C=O) groups is 2. The number of anilines is 1. The van der Waals surface area contributed by atoms with Crippen molar-refractivity contribution in [1.82, 2.24) is 0 Å². The molecule has 1 unspecified atom stereocenters. The van der Waals surface area contributed by atoms with Crippen molar-refractivity contribution in [2.24, 2.45) is 0 Å². The molecule has 0 N–H and O–H groups in total. The van der Waals surface area contributed by atoms with E-state index in [-0.39, 0.29) is 24.9 Å². The average Bonchev–Trinajstić information content (AvgIpc) is 3.29. The zero-order valence-corrected chi connectivity index (χ0v) is 20.7. The molecule has 0 fully saturated rings. The Balaban J connectivity index is 1.44. The van der Waals surface area contributed by atoms with Crippen LogP contribution in [-0.2, 0) is 27.4 Å². The summed E-state index contributed by atoms with van der Waals surface area (Å²) in [5.74, 6) is 0.299. The van der Waals surface area contributed by atoms with Crippen molar-refractivity contribution < 1.29 is 23.8 Å². The fourth-order valence-electron chi connectivity index (χ4n) is 4.78. The van der Waals surface area contributed by atoms with Crippen LogP contribution in [0.4, 0.5) is 5.69 Å². The largest absolute Gasteiger partial charge is 0.493 e. The summed E-state index contributed by atoms with van der Waals surface area (Å²) in [7, 11) is 1.58. The number of esters is 1. The first-order chi connectivity index (χ1) is 17.5. The average molecular weight is 484 g/mol. The highest BCUT2D eigenvalue weighted by molar-refractivity contribution is 6.06. The lowest BCUT2D eigenvalue weighted by molar-refractivity contribution is -0.136. The summed E-state index contributed by atoms with van der Waals surface area (Å²) < 4.78 is 17.0. The van der Waals surface area contributed by atoms with Crippen LogP contribution >= 0.6 is 0 Å². The van der Waals surface area contributed by atoms with Crippen LogP contribution in [0.2, 0.25) is 0 Å². The standard InChI is InChI=1S/C30H29NO5/c1-4-20-9-12-23(13-10-20)31-25-18-36-30(33)29(25)24(16-28(31)32)22-11-14-26(27(15-22)34-3)35-17-21-7-5-19(2)6-8-21/h5-15,24H,4,16-18H2,1-3H3. The lowest BCUT2D eigenvalue weighted by atomic mass is 9.84. The third kappa shape index (κ3) is 4.47. The van der Waals surface area contributed by atoms with Crippen molar-refractivity contribution in [2.45, 2.75) is 39.2 Å². The predicted molar refractivity (Wildman–Crippen MR) is 137 cm³/mol. The summed E-state index contributed by atoms with van der Waals surface area (Å²) in [6, 6.07) is 21.6. The van der Waals surface area contributed by atoms with E-state index in [0.717, 1.165) is 23.2 Å². The molecule has 6 heteroatoms. The lowest BCUT2D eigenvalue weighted by Gasteiger charge is -2.32. The number of rotatable bonds is 7. The number of ether oxygens (including phenoxy) is 3. The van der Waals surface area contributed by atoms with E-state index in [4.69, 9.17) is 14.2 Å². The molecule has 0 spiro atoms. The SMILES string of the molecule is CCc1ccc(N2C(=O)CC(c3ccc(OCc4ccc(C)cc4)c(OC)c3)C3=C2COC3=O)cc1. The Morgan fingerprint density at radius 1 is 0.944 bits per heavy atom. The Bertz CT molecular complexity index is 1320. The molecule has 0 bridgehead atoms. The van der Waals surface area contributed by atoms with Crippen molar-refractivity contribution in [3.8, 4) is 11.5 Å². The van der Waals surface area contributed by atoms with Gasteiger partial charge in [0, 0.05) is 18.0 Å². The molecule has 6 nitrogen and oxygen atoms in total. The Morgan fingerprint density at radius 2 is 1.67 bits per heavy atom. The third-order valence-electron chi connectivity index (χ3n) is 6.83. The molecule has 36 heavy (non-hydrogen) atoms. The highest BCUT2D eigenvalue weighted by Crippen LogP contribution is 2.43. The minimum absolute atomic E-state index is 0.0695. The molecule has 2 heterocycles. The Kier molecular flexibility index (Phi) is 6.51. The van der Waals surface area contributed by atoms with Gasteiger partial charge in [0.15, 0.2) is 11.5 Å². The number of aryl methyl sites for hydroxylation is 2. The number of hydrogen-bond donors (Lipinski definition) is 0. The summed E-state index contributed by atoms with van der Waals surface area (Å²) in [6.45, 7) is 4.62. The number of benzene rings is 3. The number of nitrogens with zero attached hydrogens (tertiary/aromatic N) is 1. The summed E-state index contributed by atoms with van der Waals surface area (Å²) in [5.41, 5.74) is 6.15. The maximum Gasteiger partial charge on any atom is 0.336 e. The maximum atomic E-state index is 13.4. The van der Waals surface area contributed by atoms with Gasteiger partial charge in [-0.2, -0.15) is 0 Å². The quantitative estimate of drug-likeness (QED) is 0.417. The van der Waals surface area contributed by atoms with Gasteiger partial charge < -0.3 is 14.2 Å². The molecule has 3 aromatic rings.